The highest BCUT2D eigenvalue weighted by atomic mass is 16.5. The van der Waals surface area contributed by atoms with E-state index in [2.05, 4.69) is 29.4 Å². The molecule has 9 heteroatoms. The maximum absolute atomic E-state index is 13.3. The van der Waals surface area contributed by atoms with Crippen LogP contribution in [0, 0.1) is 10.8 Å². The number of hydrogen-bond donors (Lipinski definition) is 3. The van der Waals surface area contributed by atoms with Gasteiger partial charge in [0.2, 0.25) is 5.91 Å². The molecule has 1 heterocycles. The Morgan fingerprint density at radius 2 is 1.91 bits per heavy atom. The first-order valence-electron chi connectivity index (χ1n) is 11.4. The number of fused-ring (bicyclic) bond motifs is 1. The number of aromatic nitrogens is 2. The van der Waals surface area contributed by atoms with Crippen LogP contribution in [0.25, 0.3) is 11.0 Å². The average Bonchev–Trinajstić information content (AvgIpc) is 3.36. The highest BCUT2D eigenvalue weighted by Gasteiger charge is 2.57. The summed E-state index contributed by atoms with van der Waals surface area (Å²) in [5, 5.41) is 13.8. The minimum Gasteiger partial charge on any atom is -0.493 e. The lowest BCUT2D eigenvalue weighted by atomic mass is 9.65. The molecule has 1 fully saturated rings. The van der Waals surface area contributed by atoms with E-state index in [0.717, 1.165) is 23.3 Å². The molecule has 1 aliphatic carbocycles. The van der Waals surface area contributed by atoms with Gasteiger partial charge in [-0.25, -0.2) is 15.2 Å². The number of methoxy groups -OCH3 is 2. The van der Waals surface area contributed by atoms with E-state index >= 15 is 0 Å². The highest BCUT2D eigenvalue weighted by Crippen LogP contribution is 2.59. The maximum Gasteiger partial charge on any atom is 0.340 e. The summed E-state index contributed by atoms with van der Waals surface area (Å²) in [6, 6.07) is 11.0. The molecule has 1 saturated carbocycles. The Morgan fingerprint density at radius 1 is 1.17 bits per heavy atom. The molecule has 3 N–H and O–H groups in total. The van der Waals surface area contributed by atoms with Gasteiger partial charge in [-0.15, -0.1) is 0 Å². The molecule has 0 spiro atoms. The molecular formula is C26H30N4O5. The summed E-state index contributed by atoms with van der Waals surface area (Å²) in [4.78, 5) is 33.4. The Bertz CT molecular complexity index is 1280. The van der Waals surface area contributed by atoms with Crippen LogP contribution < -0.4 is 14.9 Å². The molecule has 1 aromatic heterocycles. The van der Waals surface area contributed by atoms with E-state index in [-0.39, 0.29) is 28.7 Å². The van der Waals surface area contributed by atoms with E-state index in [9.17, 15) is 14.7 Å². The third-order valence-electron chi connectivity index (χ3n) is 7.63. The third kappa shape index (κ3) is 4.00. The zero-order valence-electron chi connectivity index (χ0n) is 20.5. The molecule has 1 amide bonds. The molecule has 0 bridgehead atoms. The molecule has 2 aromatic carbocycles. The number of carboxylic acids is 1. The van der Waals surface area contributed by atoms with Crippen molar-refractivity contribution in [2.75, 3.05) is 14.2 Å². The predicted octanol–water partition coefficient (Wildman–Crippen LogP) is 4.34. The van der Waals surface area contributed by atoms with Crippen LogP contribution in [0.2, 0.25) is 0 Å². The highest BCUT2D eigenvalue weighted by molar-refractivity contribution is 6.02. The Balaban J connectivity index is 1.56. The molecular weight excluding hydrogens is 448 g/mol. The molecule has 0 radical (unpaired) electrons. The SMILES string of the molecule is COc1ccc(/C=N/NC(=O)C2(C)CCC(c3nc4ccccc4[nH]3)C2(C)C)c(C(=O)O)c1OC. The van der Waals surface area contributed by atoms with Crippen molar-refractivity contribution in [2.45, 2.75) is 39.5 Å². The fourth-order valence-electron chi connectivity index (χ4n) is 5.08. The molecule has 0 saturated heterocycles. The predicted molar refractivity (Wildman–Crippen MR) is 132 cm³/mol. The molecule has 4 rings (SSSR count). The molecule has 9 nitrogen and oxygen atoms in total. The lowest BCUT2D eigenvalue weighted by Crippen LogP contribution is -2.45. The summed E-state index contributed by atoms with van der Waals surface area (Å²) in [6.07, 6.45) is 2.78. The van der Waals surface area contributed by atoms with E-state index in [1.807, 2.05) is 31.2 Å². The number of ether oxygens (including phenoxy) is 2. The van der Waals surface area contributed by atoms with Gasteiger partial charge in [-0.05, 0) is 42.5 Å². The molecule has 184 valence electrons. The van der Waals surface area contributed by atoms with Gasteiger partial charge in [0.25, 0.3) is 0 Å². The molecule has 2 atom stereocenters. The van der Waals surface area contributed by atoms with Crippen molar-refractivity contribution < 1.29 is 24.2 Å². The van der Waals surface area contributed by atoms with Crippen LogP contribution in [-0.4, -0.2) is 47.4 Å². The summed E-state index contributed by atoms with van der Waals surface area (Å²) in [5.41, 5.74) is 3.59. The van der Waals surface area contributed by atoms with Crippen molar-refractivity contribution in [3.63, 3.8) is 0 Å². The number of nitrogens with zero attached hydrogens (tertiary/aromatic N) is 2. The Morgan fingerprint density at radius 3 is 2.57 bits per heavy atom. The zero-order chi connectivity index (χ0) is 25.4. The maximum atomic E-state index is 13.3. The number of H-pyrrole nitrogens is 1. The van der Waals surface area contributed by atoms with E-state index in [4.69, 9.17) is 14.5 Å². The minimum atomic E-state index is -1.19. The zero-order valence-corrected chi connectivity index (χ0v) is 20.5. The molecule has 2 unspecified atom stereocenters. The Hall–Kier alpha value is -3.88. The number of carboxylic acid groups (broad SMARTS) is 1. The van der Waals surface area contributed by atoms with Gasteiger partial charge in [0.05, 0.1) is 36.9 Å². The number of nitrogens with one attached hydrogen (secondary N) is 2. The minimum absolute atomic E-state index is 0.0686. The first kappa shape index (κ1) is 24.3. The van der Waals surface area contributed by atoms with E-state index < -0.39 is 16.8 Å². The Kier molecular flexibility index (Phi) is 6.27. The summed E-state index contributed by atoms with van der Waals surface area (Å²) in [7, 11) is 2.80. The number of rotatable bonds is 7. The number of benzene rings is 2. The van der Waals surface area contributed by atoms with Crippen molar-refractivity contribution in [3.8, 4) is 11.5 Å². The molecule has 3 aromatic rings. The van der Waals surface area contributed by atoms with Crippen molar-refractivity contribution in [1.29, 1.82) is 0 Å². The van der Waals surface area contributed by atoms with Crippen LogP contribution in [0.3, 0.4) is 0 Å². The van der Waals surface area contributed by atoms with Crippen LogP contribution in [-0.2, 0) is 4.79 Å². The second-order valence-electron chi connectivity index (χ2n) is 9.55. The normalized spacial score (nSPS) is 21.3. The summed E-state index contributed by atoms with van der Waals surface area (Å²) < 4.78 is 10.4. The largest absolute Gasteiger partial charge is 0.493 e. The van der Waals surface area contributed by atoms with Gasteiger partial charge in [-0.3, -0.25) is 4.79 Å². The lowest BCUT2D eigenvalue weighted by Gasteiger charge is -2.39. The number of imidazole rings is 1. The topological polar surface area (TPSA) is 126 Å². The van der Waals surface area contributed by atoms with Gasteiger partial charge in [-0.2, -0.15) is 5.10 Å². The van der Waals surface area contributed by atoms with Gasteiger partial charge >= 0.3 is 5.97 Å². The average molecular weight is 479 g/mol. The fourth-order valence-corrected chi connectivity index (χ4v) is 5.08. The first-order valence-corrected chi connectivity index (χ1v) is 11.4. The van der Waals surface area contributed by atoms with Gasteiger partial charge in [0.15, 0.2) is 11.5 Å². The quantitative estimate of drug-likeness (QED) is 0.343. The van der Waals surface area contributed by atoms with Gasteiger partial charge in [0.1, 0.15) is 11.4 Å². The Labute approximate surface area is 203 Å². The standard InChI is InChI=1S/C26H30N4O5/c1-25(2)16(22-28-17-8-6-7-9-18(17)29-22)12-13-26(25,3)24(33)30-27-14-15-10-11-19(34-4)21(35-5)20(15)23(31)32/h6-11,14,16H,12-13H2,1-5H3,(H,28,29)(H,30,33)(H,31,32)/b27-14+. The van der Waals surface area contributed by atoms with Crippen LogP contribution in [0.1, 0.15) is 61.3 Å². The van der Waals surface area contributed by atoms with Crippen LogP contribution >= 0.6 is 0 Å². The summed E-state index contributed by atoms with van der Waals surface area (Å²) >= 11 is 0. The van der Waals surface area contributed by atoms with Crippen LogP contribution in [0.15, 0.2) is 41.5 Å². The van der Waals surface area contributed by atoms with Crippen LogP contribution in [0.5, 0.6) is 11.5 Å². The third-order valence-corrected chi connectivity index (χ3v) is 7.63. The van der Waals surface area contributed by atoms with Crippen molar-refractivity contribution >= 4 is 29.1 Å². The van der Waals surface area contributed by atoms with Crippen molar-refractivity contribution in [2.24, 2.45) is 15.9 Å². The molecule has 0 aliphatic heterocycles. The summed E-state index contributed by atoms with van der Waals surface area (Å²) in [6.45, 7) is 6.11. The van der Waals surface area contributed by atoms with E-state index in [0.29, 0.717) is 12.2 Å². The lowest BCUT2D eigenvalue weighted by molar-refractivity contribution is -0.135. The van der Waals surface area contributed by atoms with Gasteiger partial charge < -0.3 is 19.6 Å². The number of aromatic carboxylic acids is 1. The number of aromatic amines is 1. The van der Waals surface area contributed by atoms with Gasteiger partial charge in [0, 0.05) is 11.5 Å². The smallest absolute Gasteiger partial charge is 0.340 e. The first-order chi connectivity index (χ1) is 16.6. The molecule has 35 heavy (non-hydrogen) atoms. The molecule has 1 aliphatic rings. The number of para-hydroxylation sites is 2. The van der Waals surface area contributed by atoms with Crippen molar-refractivity contribution in [3.05, 3.63) is 53.3 Å². The number of hydrogen-bond acceptors (Lipinski definition) is 6. The summed E-state index contributed by atoms with van der Waals surface area (Å²) in [5.74, 6) is -0.0803. The number of hydrazone groups is 1. The van der Waals surface area contributed by atoms with E-state index in [1.165, 1.54) is 20.4 Å². The van der Waals surface area contributed by atoms with Crippen molar-refractivity contribution in [1.82, 2.24) is 15.4 Å². The second-order valence-corrected chi connectivity index (χ2v) is 9.55. The monoisotopic (exact) mass is 478 g/mol. The van der Waals surface area contributed by atoms with Gasteiger partial charge in [-0.1, -0.05) is 32.9 Å². The van der Waals surface area contributed by atoms with E-state index in [1.54, 1.807) is 12.1 Å². The number of carbonyl (C=O) groups is 2. The number of carbonyl (C=O) groups excluding carboxylic acids is 1. The van der Waals surface area contributed by atoms with Crippen LogP contribution in [0.4, 0.5) is 0 Å². The second kappa shape index (κ2) is 9.05. The number of amides is 1. The fraction of sp³-hybridized carbons (Fsp3) is 0.385.